The van der Waals surface area contributed by atoms with Gasteiger partial charge in [0.25, 0.3) is 0 Å². The second kappa shape index (κ2) is 5.77. The quantitative estimate of drug-likeness (QED) is 0.607. The van der Waals surface area contributed by atoms with Crippen LogP contribution < -0.4 is 4.72 Å². The zero-order chi connectivity index (χ0) is 12.0. The lowest BCUT2D eigenvalue weighted by atomic mass is 10.2. The van der Waals surface area contributed by atoms with Crippen molar-refractivity contribution in [1.82, 2.24) is 4.72 Å². The standard InChI is InChI=1S/C11H15NO3S/c1-2-3-8-12-16(14,15)11-6-4-10(9-13)5-7-11/h4-7,9,12H,2-3,8H2,1H3. The summed E-state index contributed by atoms with van der Waals surface area (Å²) in [4.78, 5) is 10.6. The number of carbonyl (C=O) groups excluding carboxylic acids is 1. The number of carbonyl (C=O) groups is 1. The van der Waals surface area contributed by atoms with Gasteiger partial charge in [-0.1, -0.05) is 25.5 Å². The van der Waals surface area contributed by atoms with E-state index in [0.717, 1.165) is 12.8 Å². The topological polar surface area (TPSA) is 63.2 Å². The summed E-state index contributed by atoms with van der Waals surface area (Å²) in [6, 6.07) is 5.83. The maximum absolute atomic E-state index is 11.7. The Morgan fingerprint density at radius 2 is 1.88 bits per heavy atom. The molecule has 0 aliphatic heterocycles. The molecule has 0 bridgehead atoms. The first kappa shape index (κ1) is 12.9. The summed E-state index contributed by atoms with van der Waals surface area (Å²) >= 11 is 0. The smallest absolute Gasteiger partial charge is 0.240 e. The van der Waals surface area contributed by atoms with Crippen LogP contribution in [0.5, 0.6) is 0 Å². The van der Waals surface area contributed by atoms with E-state index in [1.807, 2.05) is 6.92 Å². The average molecular weight is 241 g/mol. The Morgan fingerprint density at radius 3 is 2.38 bits per heavy atom. The first-order valence-corrected chi connectivity index (χ1v) is 6.63. The minimum atomic E-state index is -3.42. The van der Waals surface area contributed by atoms with Crippen molar-refractivity contribution >= 4 is 16.3 Å². The average Bonchev–Trinajstić information content (AvgIpc) is 2.29. The molecule has 1 rings (SSSR count). The van der Waals surface area contributed by atoms with Crippen molar-refractivity contribution in [3.8, 4) is 0 Å². The van der Waals surface area contributed by atoms with Crippen LogP contribution >= 0.6 is 0 Å². The van der Waals surface area contributed by atoms with E-state index in [4.69, 9.17) is 0 Å². The Balaban J connectivity index is 2.77. The number of sulfonamides is 1. The molecule has 0 heterocycles. The summed E-state index contributed by atoms with van der Waals surface area (Å²) < 4.78 is 25.9. The molecular weight excluding hydrogens is 226 g/mol. The summed E-state index contributed by atoms with van der Waals surface area (Å²) in [5.74, 6) is 0. The van der Waals surface area contributed by atoms with E-state index in [-0.39, 0.29) is 4.90 Å². The normalized spacial score (nSPS) is 11.3. The van der Waals surface area contributed by atoms with Gasteiger partial charge in [0.1, 0.15) is 6.29 Å². The third kappa shape index (κ3) is 3.43. The number of benzene rings is 1. The van der Waals surface area contributed by atoms with Crippen molar-refractivity contribution < 1.29 is 13.2 Å². The van der Waals surface area contributed by atoms with Gasteiger partial charge in [0.2, 0.25) is 10.0 Å². The van der Waals surface area contributed by atoms with Gasteiger partial charge >= 0.3 is 0 Å². The lowest BCUT2D eigenvalue weighted by molar-refractivity contribution is 0.112. The Hall–Kier alpha value is -1.20. The minimum absolute atomic E-state index is 0.189. The molecule has 1 aromatic rings. The van der Waals surface area contributed by atoms with Gasteiger partial charge in [-0.2, -0.15) is 0 Å². The van der Waals surface area contributed by atoms with Crippen molar-refractivity contribution in [2.45, 2.75) is 24.7 Å². The highest BCUT2D eigenvalue weighted by Gasteiger charge is 2.12. The molecule has 5 heteroatoms. The predicted molar refractivity (Wildman–Crippen MR) is 61.9 cm³/mol. The zero-order valence-corrected chi connectivity index (χ0v) is 9.96. The van der Waals surface area contributed by atoms with Crippen molar-refractivity contribution in [3.05, 3.63) is 29.8 Å². The van der Waals surface area contributed by atoms with Crippen LogP contribution in [0.15, 0.2) is 29.2 Å². The lowest BCUT2D eigenvalue weighted by Crippen LogP contribution is -2.24. The SMILES string of the molecule is CCCCNS(=O)(=O)c1ccc(C=O)cc1. The molecule has 0 saturated heterocycles. The molecule has 0 fully saturated rings. The number of aldehydes is 1. The predicted octanol–water partition coefficient (Wildman–Crippen LogP) is 1.58. The van der Waals surface area contributed by atoms with Crippen molar-refractivity contribution in [3.63, 3.8) is 0 Å². The largest absolute Gasteiger partial charge is 0.298 e. The third-order valence-electron chi connectivity index (χ3n) is 2.15. The highest BCUT2D eigenvalue weighted by atomic mass is 32.2. The molecule has 0 unspecified atom stereocenters. The first-order valence-electron chi connectivity index (χ1n) is 5.15. The number of hydrogen-bond acceptors (Lipinski definition) is 3. The summed E-state index contributed by atoms with van der Waals surface area (Å²) in [6.45, 7) is 2.43. The van der Waals surface area contributed by atoms with Gasteiger partial charge < -0.3 is 0 Å². The van der Waals surface area contributed by atoms with Crippen LogP contribution in [0.1, 0.15) is 30.1 Å². The van der Waals surface area contributed by atoms with Crippen LogP contribution in [0.2, 0.25) is 0 Å². The van der Waals surface area contributed by atoms with Crippen LogP contribution in [-0.4, -0.2) is 21.2 Å². The molecule has 0 amide bonds. The van der Waals surface area contributed by atoms with Gasteiger partial charge in [0.15, 0.2) is 0 Å². The van der Waals surface area contributed by atoms with E-state index in [0.29, 0.717) is 18.4 Å². The minimum Gasteiger partial charge on any atom is -0.298 e. The van der Waals surface area contributed by atoms with E-state index >= 15 is 0 Å². The van der Waals surface area contributed by atoms with Crippen LogP contribution in [0.3, 0.4) is 0 Å². The molecule has 1 N–H and O–H groups in total. The van der Waals surface area contributed by atoms with Crippen molar-refractivity contribution in [1.29, 1.82) is 0 Å². The molecule has 0 aliphatic rings. The molecule has 0 radical (unpaired) electrons. The van der Waals surface area contributed by atoms with Crippen LogP contribution in [0.4, 0.5) is 0 Å². The molecule has 0 atom stereocenters. The van der Waals surface area contributed by atoms with E-state index in [1.54, 1.807) is 0 Å². The number of unbranched alkanes of at least 4 members (excludes halogenated alkanes) is 1. The Kier molecular flexibility index (Phi) is 4.64. The molecule has 88 valence electrons. The van der Waals surface area contributed by atoms with Gasteiger partial charge in [-0.25, -0.2) is 13.1 Å². The fourth-order valence-corrected chi connectivity index (χ4v) is 2.27. The maximum atomic E-state index is 11.7. The summed E-state index contributed by atoms with van der Waals surface area (Å²) in [5, 5.41) is 0. The fraction of sp³-hybridized carbons (Fsp3) is 0.364. The maximum Gasteiger partial charge on any atom is 0.240 e. The highest BCUT2D eigenvalue weighted by Crippen LogP contribution is 2.09. The van der Waals surface area contributed by atoms with Crippen LogP contribution in [-0.2, 0) is 10.0 Å². The van der Waals surface area contributed by atoms with Gasteiger partial charge in [0, 0.05) is 12.1 Å². The van der Waals surface area contributed by atoms with Gasteiger partial charge in [-0.15, -0.1) is 0 Å². The molecule has 1 aromatic carbocycles. The molecule has 0 saturated carbocycles. The fourth-order valence-electron chi connectivity index (χ4n) is 1.19. The van der Waals surface area contributed by atoms with Crippen LogP contribution in [0.25, 0.3) is 0 Å². The second-order valence-corrected chi connectivity index (χ2v) is 5.21. The molecular formula is C11H15NO3S. The Morgan fingerprint density at radius 1 is 1.25 bits per heavy atom. The van der Waals surface area contributed by atoms with Gasteiger partial charge in [-0.05, 0) is 18.6 Å². The van der Waals surface area contributed by atoms with E-state index in [2.05, 4.69) is 4.72 Å². The molecule has 0 aliphatic carbocycles. The monoisotopic (exact) mass is 241 g/mol. The summed E-state index contributed by atoms with van der Waals surface area (Å²) in [5.41, 5.74) is 0.465. The van der Waals surface area contributed by atoms with Crippen molar-refractivity contribution in [2.75, 3.05) is 6.54 Å². The van der Waals surface area contributed by atoms with Gasteiger partial charge in [0.05, 0.1) is 4.90 Å². The lowest BCUT2D eigenvalue weighted by Gasteiger charge is -2.05. The molecule has 16 heavy (non-hydrogen) atoms. The van der Waals surface area contributed by atoms with E-state index in [1.165, 1.54) is 24.3 Å². The first-order chi connectivity index (χ1) is 7.60. The molecule has 0 spiro atoms. The Labute approximate surface area is 95.7 Å². The molecule has 4 nitrogen and oxygen atoms in total. The Bertz CT molecular complexity index is 437. The number of rotatable bonds is 6. The zero-order valence-electron chi connectivity index (χ0n) is 9.14. The summed E-state index contributed by atoms with van der Waals surface area (Å²) in [7, 11) is -3.42. The second-order valence-electron chi connectivity index (χ2n) is 3.44. The van der Waals surface area contributed by atoms with Crippen molar-refractivity contribution in [2.24, 2.45) is 0 Å². The third-order valence-corrected chi connectivity index (χ3v) is 3.63. The van der Waals surface area contributed by atoms with Gasteiger partial charge in [-0.3, -0.25) is 4.79 Å². The van der Waals surface area contributed by atoms with E-state index < -0.39 is 10.0 Å². The number of hydrogen-bond donors (Lipinski definition) is 1. The van der Waals surface area contributed by atoms with Crippen LogP contribution in [0, 0.1) is 0 Å². The molecule has 0 aromatic heterocycles. The van der Waals surface area contributed by atoms with E-state index in [9.17, 15) is 13.2 Å². The number of nitrogens with one attached hydrogen (secondary N) is 1. The summed E-state index contributed by atoms with van der Waals surface area (Å²) in [6.07, 6.45) is 2.43. The highest BCUT2D eigenvalue weighted by molar-refractivity contribution is 7.89.